The van der Waals surface area contributed by atoms with Crippen molar-refractivity contribution in [2.45, 2.75) is 26.4 Å². The van der Waals surface area contributed by atoms with E-state index in [0.717, 1.165) is 10.9 Å². The third kappa shape index (κ3) is 3.40. The van der Waals surface area contributed by atoms with Gasteiger partial charge in [-0.25, -0.2) is 0 Å². The molecule has 118 valence electrons. The number of hydrogen-bond donors (Lipinski definition) is 0. The van der Waals surface area contributed by atoms with Crippen LogP contribution in [0.5, 0.6) is 0 Å². The van der Waals surface area contributed by atoms with Crippen LogP contribution in [0.25, 0.3) is 11.0 Å². The number of rotatable bonds is 4. The monoisotopic (exact) mass is 327 g/mol. The van der Waals surface area contributed by atoms with Gasteiger partial charge in [-0.3, -0.25) is 4.79 Å². The topological polar surface area (TPSA) is 33.5 Å². The quantitative estimate of drug-likeness (QED) is 0.665. The summed E-state index contributed by atoms with van der Waals surface area (Å²) in [6.45, 7) is 4.55. The van der Waals surface area contributed by atoms with Gasteiger partial charge < -0.3 is 9.32 Å². The summed E-state index contributed by atoms with van der Waals surface area (Å²) in [5, 5.41) is 1.46. The fourth-order valence-corrected chi connectivity index (χ4v) is 2.71. The minimum absolute atomic E-state index is 0.0690. The smallest absolute Gasteiger partial charge is 0.290 e. The maximum Gasteiger partial charge on any atom is 0.290 e. The van der Waals surface area contributed by atoms with Gasteiger partial charge in [-0.15, -0.1) is 0 Å². The molecule has 0 fully saturated rings. The molecule has 0 saturated carbocycles. The largest absolute Gasteiger partial charge is 0.451 e. The lowest BCUT2D eigenvalue weighted by Gasteiger charge is -2.26. The molecule has 0 atom stereocenters. The van der Waals surface area contributed by atoms with Crippen LogP contribution >= 0.6 is 11.6 Å². The zero-order valence-electron chi connectivity index (χ0n) is 13.1. The third-order valence-electron chi connectivity index (χ3n) is 3.77. The number of benzene rings is 2. The summed E-state index contributed by atoms with van der Waals surface area (Å²) in [6, 6.07) is 17.1. The molecule has 0 bridgehead atoms. The summed E-state index contributed by atoms with van der Waals surface area (Å²) < 4.78 is 5.70. The number of nitrogens with zero attached hydrogens (tertiary/aromatic N) is 1. The molecule has 4 heteroatoms. The molecule has 1 aromatic heterocycles. The Kier molecular flexibility index (Phi) is 4.39. The van der Waals surface area contributed by atoms with E-state index >= 15 is 0 Å². The molecule has 0 aliphatic heterocycles. The van der Waals surface area contributed by atoms with Gasteiger partial charge in [-0.2, -0.15) is 0 Å². The number of carbonyl (C=O) groups is 1. The summed E-state index contributed by atoms with van der Waals surface area (Å²) in [5.74, 6) is 0.225. The summed E-state index contributed by atoms with van der Waals surface area (Å²) in [5.41, 5.74) is 1.76. The van der Waals surface area contributed by atoms with E-state index in [1.807, 2.05) is 44.2 Å². The molecule has 0 radical (unpaired) electrons. The van der Waals surface area contributed by atoms with Crippen molar-refractivity contribution in [2.24, 2.45) is 0 Å². The average molecular weight is 328 g/mol. The van der Waals surface area contributed by atoms with Crippen LogP contribution in [0.15, 0.2) is 59.0 Å². The fourth-order valence-electron chi connectivity index (χ4n) is 2.53. The van der Waals surface area contributed by atoms with Gasteiger partial charge in [-0.1, -0.05) is 41.9 Å². The van der Waals surface area contributed by atoms with Crippen LogP contribution < -0.4 is 0 Å². The van der Waals surface area contributed by atoms with Crippen molar-refractivity contribution < 1.29 is 9.21 Å². The highest BCUT2D eigenvalue weighted by Gasteiger charge is 2.22. The van der Waals surface area contributed by atoms with Crippen molar-refractivity contribution in [3.63, 3.8) is 0 Å². The predicted molar refractivity (Wildman–Crippen MR) is 92.7 cm³/mol. The molecule has 2 aromatic carbocycles. The molecule has 1 heterocycles. The molecule has 0 aliphatic rings. The van der Waals surface area contributed by atoms with Gasteiger partial charge in [0.25, 0.3) is 5.91 Å². The van der Waals surface area contributed by atoms with E-state index in [9.17, 15) is 4.79 Å². The Morgan fingerprint density at radius 3 is 2.57 bits per heavy atom. The Morgan fingerprint density at radius 2 is 1.87 bits per heavy atom. The maximum absolute atomic E-state index is 12.8. The van der Waals surface area contributed by atoms with E-state index in [0.29, 0.717) is 22.9 Å². The van der Waals surface area contributed by atoms with E-state index in [-0.39, 0.29) is 11.9 Å². The van der Waals surface area contributed by atoms with Crippen molar-refractivity contribution in [1.82, 2.24) is 4.90 Å². The van der Waals surface area contributed by atoms with Crippen molar-refractivity contribution >= 4 is 28.5 Å². The van der Waals surface area contributed by atoms with Crippen LogP contribution in [-0.4, -0.2) is 16.8 Å². The first kappa shape index (κ1) is 15.6. The van der Waals surface area contributed by atoms with Gasteiger partial charge in [0, 0.05) is 23.0 Å². The van der Waals surface area contributed by atoms with Crippen LogP contribution in [0.2, 0.25) is 5.02 Å². The highest BCUT2D eigenvalue weighted by atomic mass is 35.5. The summed E-state index contributed by atoms with van der Waals surface area (Å²) in [6.07, 6.45) is 0. The summed E-state index contributed by atoms with van der Waals surface area (Å²) in [4.78, 5) is 14.6. The van der Waals surface area contributed by atoms with Gasteiger partial charge in [0.05, 0.1) is 0 Å². The molecule has 0 unspecified atom stereocenters. The zero-order valence-corrected chi connectivity index (χ0v) is 13.9. The molecule has 0 spiro atoms. The van der Waals surface area contributed by atoms with Crippen LogP contribution in [0.4, 0.5) is 0 Å². The normalized spacial score (nSPS) is 11.1. The first-order valence-corrected chi connectivity index (χ1v) is 7.96. The lowest BCUT2D eigenvalue weighted by molar-refractivity contribution is 0.0660. The van der Waals surface area contributed by atoms with E-state index in [2.05, 4.69) is 0 Å². The van der Waals surface area contributed by atoms with Crippen LogP contribution in [0, 0.1) is 0 Å². The molecule has 0 N–H and O–H groups in total. The fraction of sp³-hybridized carbons (Fsp3) is 0.211. The van der Waals surface area contributed by atoms with Gasteiger partial charge >= 0.3 is 0 Å². The van der Waals surface area contributed by atoms with E-state index in [4.69, 9.17) is 16.0 Å². The molecule has 3 rings (SSSR count). The van der Waals surface area contributed by atoms with Crippen LogP contribution in [0.1, 0.15) is 30.0 Å². The molecule has 0 saturated heterocycles. The van der Waals surface area contributed by atoms with Crippen LogP contribution in [-0.2, 0) is 6.54 Å². The molecular formula is C19H18ClNO2. The average Bonchev–Trinajstić information content (AvgIpc) is 2.95. The maximum atomic E-state index is 12.8. The summed E-state index contributed by atoms with van der Waals surface area (Å²) in [7, 11) is 0. The second-order valence-electron chi connectivity index (χ2n) is 5.81. The van der Waals surface area contributed by atoms with Crippen molar-refractivity contribution in [1.29, 1.82) is 0 Å². The highest BCUT2D eigenvalue weighted by Crippen LogP contribution is 2.24. The van der Waals surface area contributed by atoms with Crippen LogP contribution in [0.3, 0.4) is 0 Å². The number of furan rings is 1. The van der Waals surface area contributed by atoms with E-state index in [1.165, 1.54) is 0 Å². The summed E-state index contributed by atoms with van der Waals surface area (Å²) >= 11 is 5.99. The minimum Gasteiger partial charge on any atom is -0.451 e. The van der Waals surface area contributed by atoms with Gasteiger partial charge in [0.1, 0.15) is 5.58 Å². The minimum atomic E-state index is -0.115. The number of halogens is 1. The molecule has 0 aliphatic carbocycles. The zero-order chi connectivity index (χ0) is 16.4. The third-order valence-corrected chi connectivity index (χ3v) is 4.00. The second-order valence-corrected chi connectivity index (χ2v) is 6.24. The van der Waals surface area contributed by atoms with E-state index < -0.39 is 0 Å². The van der Waals surface area contributed by atoms with Crippen molar-refractivity contribution in [3.05, 3.63) is 70.9 Å². The first-order chi connectivity index (χ1) is 11.0. The van der Waals surface area contributed by atoms with E-state index in [1.54, 1.807) is 29.2 Å². The van der Waals surface area contributed by atoms with Gasteiger partial charge in [-0.05, 0) is 43.7 Å². The Labute approximate surface area is 140 Å². The SMILES string of the molecule is CC(C)N(Cc1ccccc1)C(=O)c1cc2cc(Cl)ccc2o1. The Morgan fingerprint density at radius 1 is 1.13 bits per heavy atom. The lowest BCUT2D eigenvalue weighted by Crippen LogP contribution is -2.36. The Hall–Kier alpha value is -2.26. The number of hydrogen-bond acceptors (Lipinski definition) is 2. The second kappa shape index (κ2) is 6.47. The van der Waals surface area contributed by atoms with Crippen molar-refractivity contribution in [2.75, 3.05) is 0 Å². The number of fused-ring (bicyclic) bond motifs is 1. The van der Waals surface area contributed by atoms with Gasteiger partial charge in [0.15, 0.2) is 5.76 Å². The number of amides is 1. The molecule has 1 amide bonds. The van der Waals surface area contributed by atoms with Gasteiger partial charge in [0.2, 0.25) is 0 Å². The standard InChI is InChI=1S/C19H18ClNO2/c1-13(2)21(12-14-6-4-3-5-7-14)19(22)18-11-15-10-16(20)8-9-17(15)23-18/h3-11,13H,12H2,1-2H3. The predicted octanol–water partition coefficient (Wildman–Crippen LogP) is 5.14. The lowest BCUT2D eigenvalue weighted by atomic mass is 10.1. The molecule has 3 nitrogen and oxygen atoms in total. The molecule has 3 aromatic rings. The van der Waals surface area contributed by atoms with Crippen molar-refractivity contribution in [3.8, 4) is 0 Å². The first-order valence-electron chi connectivity index (χ1n) is 7.58. The Bertz CT molecular complexity index is 824. The highest BCUT2D eigenvalue weighted by molar-refractivity contribution is 6.31. The molecule has 23 heavy (non-hydrogen) atoms. The number of carbonyl (C=O) groups excluding carboxylic acids is 1. The molecular weight excluding hydrogens is 310 g/mol. The Balaban J connectivity index is 1.90.